The molecule has 7 heteroatoms. The van der Waals surface area contributed by atoms with Gasteiger partial charge in [0, 0.05) is 28.4 Å². The van der Waals surface area contributed by atoms with Crippen LogP contribution in [0.25, 0.3) is 10.4 Å². The lowest BCUT2D eigenvalue weighted by molar-refractivity contribution is 0.583. The first-order chi connectivity index (χ1) is 9.11. The SMILES string of the molecule is CNS(=O)(=O)CCNCc1cc(-c2cccs2)cs1. The van der Waals surface area contributed by atoms with Crippen LogP contribution in [0.2, 0.25) is 0 Å². The summed E-state index contributed by atoms with van der Waals surface area (Å²) in [5.41, 5.74) is 1.24. The maximum absolute atomic E-state index is 11.2. The van der Waals surface area contributed by atoms with E-state index in [1.165, 1.54) is 22.4 Å². The molecule has 0 aliphatic carbocycles. The average molecular weight is 316 g/mol. The van der Waals surface area contributed by atoms with E-state index in [-0.39, 0.29) is 5.75 Å². The number of rotatable bonds is 7. The number of thiophene rings is 2. The minimum Gasteiger partial charge on any atom is -0.311 e. The molecule has 0 unspecified atom stereocenters. The first-order valence-electron chi connectivity index (χ1n) is 5.84. The van der Waals surface area contributed by atoms with Gasteiger partial charge in [0.05, 0.1) is 5.75 Å². The quantitative estimate of drug-likeness (QED) is 0.769. The van der Waals surface area contributed by atoms with Gasteiger partial charge in [-0.25, -0.2) is 13.1 Å². The molecular formula is C12H16N2O2S3. The Morgan fingerprint density at radius 3 is 2.84 bits per heavy atom. The lowest BCUT2D eigenvalue weighted by atomic mass is 10.2. The Morgan fingerprint density at radius 1 is 1.32 bits per heavy atom. The maximum Gasteiger partial charge on any atom is 0.212 e. The van der Waals surface area contributed by atoms with Gasteiger partial charge in [-0.1, -0.05) is 6.07 Å². The maximum atomic E-state index is 11.2. The standard InChI is InChI=1S/C12H16N2O2S3/c1-13-19(15,16)6-4-14-8-11-7-10(9-18-11)12-3-2-5-17-12/h2-3,5,7,9,13-14H,4,6,8H2,1H3. The van der Waals surface area contributed by atoms with Gasteiger partial charge in [-0.2, -0.15) is 0 Å². The van der Waals surface area contributed by atoms with E-state index in [1.54, 1.807) is 22.7 Å². The zero-order valence-corrected chi connectivity index (χ0v) is 13.0. The summed E-state index contributed by atoms with van der Waals surface area (Å²) < 4.78 is 24.7. The molecule has 19 heavy (non-hydrogen) atoms. The van der Waals surface area contributed by atoms with E-state index in [1.807, 2.05) is 6.07 Å². The van der Waals surface area contributed by atoms with Crippen LogP contribution in [0.15, 0.2) is 29.0 Å². The second-order valence-corrected chi connectivity index (χ2v) is 7.97. The summed E-state index contributed by atoms with van der Waals surface area (Å²) in [6, 6.07) is 6.29. The summed E-state index contributed by atoms with van der Waals surface area (Å²) in [5.74, 6) is 0.104. The van der Waals surface area contributed by atoms with Crippen LogP contribution in [0.5, 0.6) is 0 Å². The van der Waals surface area contributed by atoms with Crippen molar-refractivity contribution < 1.29 is 8.42 Å². The van der Waals surface area contributed by atoms with Crippen molar-refractivity contribution in [3.05, 3.63) is 33.8 Å². The first-order valence-corrected chi connectivity index (χ1v) is 9.25. The first kappa shape index (κ1) is 14.7. The van der Waals surface area contributed by atoms with Gasteiger partial charge in [-0.3, -0.25) is 0 Å². The van der Waals surface area contributed by atoms with Gasteiger partial charge in [0.2, 0.25) is 10.0 Å². The van der Waals surface area contributed by atoms with Gasteiger partial charge in [0.15, 0.2) is 0 Å². The lowest BCUT2D eigenvalue weighted by Gasteiger charge is -2.03. The van der Waals surface area contributed by atoms with Crippen molar-refractivity contribution in [2.75, 3.05) is 19.3 Å². The van der Waals surface area contributed by atoms with Crippen LogP contribution in [0, 0.1) is 0 Å². The van der Waals surface area contributed by atoms with Crippen molar-refractivity contribution in [2.45, 2.75) is 6.54 Å². The van der Waals surface area contributed by atoms with Gasteiger partial charge < -0.3 is 5.32 Å². The summed E-state index contributed by atoms with van der Waals surface area (Å²) in [5, 5.41) is 7.34. The Hall–Kier alpha value is -0.730. The van der Waals surface area contributed by atoms with E-state index in [0.29, 0.717) is 13.1 Å². The Morgan fingerprint density at radius 2 is 2.16 bits per heavy atom. The van der Waals surface area contributed by atoms with Crippen molar-refractivity contribution in [3.63, 3.8) is 0 Å². The Labute approximate surface area is 121 Å². The molecule has 2 aromatic heterocycles. The predicted molar refractivity (Wildman–Crippen MR) is 82.2 cm³/mol. The molecule has 0 atom stereocenters. The average Bonchev–Trinajstić information content (AvgIpc) is 3.05. The van der Waals surface area contributed by atoms with Gasteiger partial charge in [-0.05, 0) is 29.9 Å². The van der Waals surface area contributed by atoms with Crippen molar-refractivity contribution in [1.29, 1.82) is 0 Å². The van der Waals surface area contributed by atoms with Crippen molar-refractivity contribution in [3.8, 4) is 10.4 Å². The monoisotopic (exact) mass is 316 g/mol. The molecule has 104 valence electrons. The van der Waals surface area contributed by atoms with Crippen LogP contribution in [0.3, 0.4) is 0 Å². The fraction of sp³-hybridized carbons (Fsp3) is 0.333. The smallest absolute Gasteiger partial charge is 0.212 e. The van der Waals surface area contributed by atoms with Crippen LogP contribution >= 0.6 is 22.7 Å². The van der Waals surface area contributed by atoms with E-state index < -0.39 is 10.0 Å². The predicted octanol–water partition coefficient (Wildman–Crippen LogP) is 2.12. The van der Waals surface area contributed by atoms with Crippen molar-refractivity contribution in [2.24, 2.45) is 0 Å². The molecule has 0 aromatic carbocycles. The third kappa shape index (κ3) is 4.39. The van der Waals surface area contributed by atoms with Gasteiger partial charge in [-0.15, -0.1) is 22.7 Å². The summed E-state index contributed by atoms with van der Waals surface area (Å²) in [4.78, 5) is 2.48. The van der Waals surface area contributed by atoms with Gasteiger partial charge in [0.25, 0.3) is 0 Å². The molecule has 0 amide bonds. The normalized spacial score (nSPS) is 11.8. The van der Waals surface area contributed by atoms with Crippen LogP contribution in [-0.2, 0) is 16.6 Å². The number of sulfonamides is 1. The Kier molecular flexibility index (Phi) is 5.12. The van der Waals surface area contributed by atoms with E-state index >= 15 is 0 Å². The molecule has 0 aliphatic heterocycles. The highest BCUT2D eigenvalue weighted by Crippen LogP contribution is 2.29. The molecule has 0 saturated carbocycles. The third-order valence-electron chi connectivity index (χ3n) is 2.62. The number of nitrogens with one attached hydrogen (secondary N) is 2. The fourth-order valence-corrected chi connectivity index (χ4v) is 3.83. The molecule has 0 radical (unpaired) electrons. The highest BCUT2D eigenvalue weighted by molar-refractivity contribution is 7.89. The van der Waals surface area contributed by atoms with Crippen LogP contribution < -0.4 is 10.0 Å². The zero-order chi connectivity index (χ0) is 13.7. The van der Waals surface area contributed by atoms with E-state index in [2.05, 4.69) is 32.9 Å². The lowest BCUT2D eigenvalue weighted by Crippen LogP contribution is -2.29. The Bertz CT molecular complexity index is 603. The highest BCUT2D eigenvalue weighted by atomic mass is 32.2. The zero-order valence-electron chi connectivity index (χ0n) is 10.5. The Balaban J connectivity index is 1.81. The second kappa shape index (κ2) is 6.62. The molecule has 4 nitrogen and oxygen atoms in total. The molecule has 0 spiro atoms. The van der Waals surface area contributed by atoms with Crippen LogP contribution in [0.4, 0.5) is 0 Å². The molecule has 2 heterocycles. The largest absolute Gasteiger partial charge is 0.311 e. The fourth-order valence-electron chi connectivity index (χ4n) is 1.57. The second-order valence-electron chi connectivity index (χ2n) is 3.98. The number of hydrogen-bond donors (Lipinski definition) is 2. The molecule has 2 aromatic rings. The molecule has 0 saturated heterocycles. The van der Waals surface area contributed by atoms with E-state index in [4.69, 9.17) is 0 Å². The molecule has 0 bridgehead atoms. The summed E-state index contributed by atoms with van der Waals surface area (Å²) in [7, 11) is -1.68. The summed E-state index contributed by atoms with van der Waals surface area (Å²) in [6.45, 7) is 1.16. The van der Waals surface area contributed by atoms with Crippen LogP contribution in [-0.4, -0.2) is 27.8 Å². The molecule has 2 rings (SSSR count). The summed E-state index contributed by atoms with van der Waals surface area (Å²) in [6.07, 6.45) is 0. The molecule has 2 N–H and O–H groups in total. The minimum absolute atomic E-state index is 0.104. The van der Waals surface area contributed by atoms with Gasteiger partial charge >= 0.3 is 0 Å². The topological polar surface area (TPSA) is 58.2 Å². The minimum atomic E-state index is -3.11. The molecular weight excluding hydrogens is 300 g/mol. The summed E-state index contributed by atoms with van der Waals surface area (Å²) >= 11 is 3.41. The molecule has 0 aliphatic rings. The number of hydrogen-bond acceptors (Lipinski definition) is 5. The van der Waals surface area contributed by atoms with Crippen molar-refractivity contribution in [1.82, 2.24) is 10.0 Å². The van der Waals surface area contributed by atoms with Crippen LogP contribution in [0.1, 0.15) is 4.88 Å². The molecule has 0 fully saturated rings. The van der Waals surface area contributed by atoms with E-state index in [0.717, 1.165) is 0 Å². The van der Waals surface area contributed by atoms with E-state index in [9.17, 15) is 8.42 Å². The third-order valence-corrected chi connectivity index (χ3v) is 5.84. The van der Waals surface area contributed by atoms with Crippen molar-refractivity contribution >= 4 is 32.7 Å². The van der Waals surface area contributed by atoms with Gasteiger partial charge in [0.1, 0.15) is 0 Å². The highest BCUT2D eigenvalue weighted by Gasteiger charge is 2.06.